The van der Waals surface area contributed by atoms with Crippen molar-refractivity contribution in [3.8, 4) is 5.75 Å². The number of rotatable bonds is 7. The molecule has 1 aromatic carbocycles. The van der Waals surface area contributed by atoms with E-state index in [1.165, 1.54) is 6.92 Å². The molecule has 0 radical (unpaired) electrons. The minimum atomic E-state index is -0.621. The average molecular weight is 323 g/mol. The van der Waals surface area contributed by atoms with Gasteiger partial charge in [0.15, 0.2) is 0 Å². The van der Waals surface area contributed by atoms with Gasteiger partial charge in [0.2, 0.25) is 5.91 Å². The largest absolute Gasteiger partial charge is 0.425 e. The molecule has 0 unspecified atom stereocenters. The van der Waals surface area contributed by atoms with Crippen LogP contribution in [0.2, 0.25) is 0 Å². The highest BCUT2D eigenvalue weighted by atomic mass is 32.2. The van der Waals surface area contributed by atoms with Crippen molar-refractivity contribution in [3.63, 3.8) is 0 Å². The van der Waals surface area contributed by atoms with Crippen molar-refractivity contribution in [2.45, 2.75) is 46.6 Å². The van der Waals surface area contributed by atoms with Crippen LogP contribution in [-0.2, 0) is 9.59 Å². The normalized spacial score (nSPS) is 12.1. The highest BCUT2D eigenvalue weighted by Gasteiger charge is 2.22. The molecule has 4 nitrogen and oxygen atoms in total. The first-order chi connectivity index (χ1) is 10.3. The second-order valence-electron chi connectivity index (χ2n) is 5.51. The molecular formula is C17H25NO3S. The molecule has 1 amide bonds. The number of hydrogen-bond donors (Lipinski definition) is 1. The summed E-state index contributed by atoms with van der Waals surface area (Å²) in [4.78, 5) is 23.6. The number of aryl methyl sites for hydroxylation is 1. The van der Waals surface area contributed by atoms with Gasteiger partial charge in [-0.1, -0.05) is 32.9 Å². The fourth-order valence-corrected chi connectivity index (χ4v) is 2.61. The molecule has 0 saturated heterocycles. The van der Waals surface area contributed by atoms with E-state index in [9.17, 15) is 9.59 Å². The van der Waals surface area contributed by atoms with E-state index in [1.54, 1.807) is 11.8 Å². The van der Waals surface area contributed by atoms with Crippen molar-refractivity contribution < 1.29 is 14.3 Å². The Labute approximate surface area is 137 Å². The predicted molar refractivity (Wildman–Crippen MR) is 91.5 cm³/mol. The smallest absolute Gasteiger partial charge is 0.334 e. The third-order valence-corrected chi connectivity index (χ3v) is 4.22. The molecule has 1 N–H and O–H groups in total. The van der Waals surface area contributed by atoms with Gasteiger partial charge in [-0.25, -0.2) is 4.79 Å². The van der Waals surface area contributed by atoms with Crippen LogP contribution in [0.1, 0.15) is 44.7 Å². The summed E-state index contributed by atoms with van der Waals surface area (Å²) in [6.07, 6.45) is 0. The number of esters is 1. The summed E-state index contributed by atoms with van der Waals surface area (Å²) in [6.45, 7) is 9.50. The lowest BCUT2D eigenvalue weighted by Gasteiger charge is -2.17. The van der Waals surface area contributed by atoms with Crippen LogP contribution in [0.15, 0.2) is 18.2 Å². The van der Waals surface area contributed by atoms with Crippen LogP contribution in [-0.4, -0.2) is 29.4 Å². The van der Waals surface area contributed by atoms with Crippen molar-refractivity contribution in [2.75, 3.05) is 11.5 Å². The minimum Gasteiger partial charge on any atom is -0.425 e. The van der Waals surface area contributed by atoms with Gasteiger partial charge in [0.25, 0.3) is 0 Å². The molecule has 0 aliphatic carbocycles. The SMILES string of the molecule is CCSC[C@H](NC(C)=O)C(=O)Oc1cc(C(C)C)ccc1C. The second-order valence-corrected chi connectivity index (χ2v) is 6.83. The number of nitrogens with one attached hydrogen (secondary N) is 1. The fourth-order valence-electron chi connectivity index (χ4n) is 1.91. The molecule has 5 heteroatoms. The highest BCUT2D eigenvalue weighted by Crippen LogP contribution is 2.24. The van der Waals surface area contributed by atoms with Gasteiger partial charge < -0.3 is 10.1 Å². The third kappa shape index (κ3) is 5.72. The molecule has 1 aromatic rings. The summed E-state index contributed by atoms with van der Waals surface area (Å²) in [6, 6.07) is 5.27. The lowest BCUT2D eigenvalue weighted by molar-refractivity contribution is -0.138. The Bertz CT molecular complexity index is 529. The van der Waals surface area contributed by atoms with E-state index in [0.717, 1.165) is 16.9 Å². The zero-order valence-electron chi connectivity index (χ0n) is 13.9. The number of ether oxygens (including phenoxy) is 1. The number of carbonyl (C=O) groups excluding carboxylic acids is 2. The minimum absolute atomic E-state index is 0.230. The molecule has 0 bridgehead atoms. The third-order valence-electron chi connectivity index (χ3n) is 3.24. The van der Waals surface area contributed by atoms with E-state index < -0.39 is 12.0 Å². The van der Waals surface area contributed by atoms with E-state index >= 15 is 0 Å². The van der Waals surface area contributed by atoms with E-state index in [2.05, 4.69) is 19.2 Å². The van der Waals surface area contributed by atoms with E-state index in [4.69, 9.17) is 4.74 Å². The highest BCUT2D eigenvalue weighted by molar-refractivity contribution is 7.99. The summed E-state index contributed by atoms with van der Waals surface area (Å²) in [5.74, 6) is 1.67. The summed E-state index contributed by atoms with van der Waals surface area (Å²) >= 11 is 1.59. The van der Waals surface area contributed by atoms with E-state index in [-0.39, 0.29) is 5.91 Å². The number of thioether (sulfide) groups is 1. The molecule has 0 heterocycles. The summed E-state index contributed by atoms with van der Waals surface area (Å²) < 4.78 is 5.53. The summed E-state index contributed by atoms with van der Waals surface area (Å²) in [7, 11) is 0. The van der Waals surface area contributed by atoms with Gasteiger partial charge in [-0.3, -0.25) is 4.79 Å². The lowest BCUT2D eigenvalue weighted by atomic mass is 10.0. The van der Waals surface area contributed by atoms with Gasteiger partial charge in [-0.05, 0) is 35.8 Å². The molecule has 0 aromatic heterocycles. The second kappa shape index (κ2) is 8.83. The average Bonchev–Trinajstić information content (AvgIpc) is 2.45. The van der Waals surface area contributed by atoms with Gasteiger partial charge in [0.1, 0.15) is 11.8 Å². The monoisotopic (exact) mass is 323 g/mol. The molecule has 122 valence electrons. The molecule has 1 atom stereocenters. The lowest BCUT2D eigenvalue weighted by Crippen LogP contribution is -2.44. The Kier molecular flexibility index (Phi) is 7.45. The van der Waals surface area contributed by atoms with E-state index in [0.29, 0.717) is 17.4 Å². The maximum absolute atomic E-state index is 12.3. The van der Waals surface area contributed by atoms with Crippen LogP contribution < -0.4 is 10.1 Å². The Morgan fingerprint density at radius 3 is 2.55 bits per heavy atom. The molecule has 1 rings (SSSR count). The molecule has 0 aliphatic rings. The van der Waals surface area contributed by atoms with Crippen LogP contribution in [0.3, 0.4) is 0 Å². The van der Waals surface area contributed by atoms with Crippen LogP contribution >= 0.6 is 11.8 Å². The number of carbonyl (C=O) groups is 2. The molecule has 0 aliphatic heterocycles. The zero-order valence-corrected chi connectivity index (χ0v) is 14.8. The first kappa shape index (κ1) is 18.6. The Balaban J connectivity index is 2.87. The maximum atomic E-state index is 12.3. The first-order valence-corrected chi connectivity index (χ1v) is 8.67. The van der Waals surface area contributed by atoms with Crippen molar-refractivity contribution in [1.82, 2.24) is 5.32 Å². The van der Waals surface area contributed by atoms with Crippen LogP contribution in [0, 0.1) is 6.92 Å². The molecule has 0 saturated carbocycles. The standard InChI is InChI=1S/C17H25NO3S/c1-6-22-10-15(18-13(5)19)17(20)21-16-9-14(11(2)3)8-7-12(16)4/h7-9,11,15H,6,10H2,1-5H3,(H,18,19)/t15-/m0/s1. The van der Waals surface area contributed by atoms with Gasteiger partial charge >= 0.3 is 5.97 Å². The number of benzene rings is 1. The first-order valence-electron chi connectivity index (χ1n) is 7.52. The van der Waals surface area contributed by atoms with Crippen molar-refractivity contribution in [1.29, 1.82) is 0 Å². The number of hydrogen-bond acceptors (Lipinski definition) is 4. The van der Waals surface area contributed by atoms with Gasteiger partial charge in [-0.15, -0.1) is 0 Å². The Morgan fingerprint density at radius 2 is 2.00 bits per heavy atom. The maximum Gasteiger partial charge on any atom is 0.334 e. The van der Waals surface area contributed by atoms with Gasteiger partial charge in [0, 0.05) is 12.7 Å². The molecule has 0 fully saturated rings. The quantitative estimate of drug-likeness (QED) is 0.618. The zero-order chi connectivity index (χ0) is 16.7. The Hall–Kier alpha value is -1.49. The van der Waals surface area contributed by atoms with Crippen molar-refractivity contribution in [2.24, 2.45) is 0 Å². The van der Waals surface area contributed by atoms with Gasteiger partial charge in [-0.2, -0.15) is 11.8 Å². The molecule has 22 heavy (non-hydrogen) atoms. The Morgan fingerprint density at radius 1 is 1.32 bits per heavy atom. The van der Waals surface area contributed by atoms with Crippen molar-refractivity contribution in [3.05, 3.63) is 29.3 Å². The number of amides is 1. The van der Waals surface area contributed by atoms with Crippen LogP contribution in [0.4, 0.5) is 0 Å². The fraction of sp³-hybridized carbons (Fsp3) is 0.529. The van der Waals surface area contributed by atoms with E-state index in [1.807, 2.05) is 32.0 Å². The molecule has 0 spiro atoms. The summed E-state index contributed by atoms with van der Waals surface area (Å²) in [5.41, 5.74) is 2.02. The van der Waals surface area contributed by atoms with Crippen LogP contribution in [0.5, 0.6) is 5.75 Å². The van der Waals surface area contributed by atoms with Crippen molar-refractivity contribution >= 4 is 23.6 Å². The summed E-state index contributed by atoms with van der Waals surface area (Å²) in [5, 5.41) is 2.66. The van der Waals surface area contributed by atoms with Crippen LogP contribution in [0.25, 0.3) is 0 Å². The van der Waals surface area contributed by atoms with Gasteiger partial charge in [0.05, 0.1) is 0 Å². The topological polar surface area (TPSA) is 55.4 Å². The predicted octanol–water partition coefficient (Wildman–Crippen LogP) is 3.28. The molecular weight excluding hydrogens is 298 g/mol.